The molecule has 10 heteroatoms. The van der Waals surface area contributed by atoms with Crippen LogP contribution in [0.3, 0.4) is 0 Å². The highest BCUT2D eigenvalue weighted by Gasteiger charge is 2.34. The standard InChI is InChI=1S/C19H27N5O3S2/c1-2-10-24-17(15-7-11-29(26,27)13-15)22-23-18(24)28-12-16(25)21-19(14-20)8-5-3-4-6-9-19/h2,15H,1,3-13H2,(H,21,25). The summed E-state index contributed by atoms with van der Waals surface area (Å²) in [5.74, 6) is 0.630. The average molecular weight is 438 g/mol. The monoisotopic (exact) mass is 437 g/mol. The molecule has 1 unspecified atom stereocenters. The molecule has 1 aromatic rings. The van der Waals surface area contributed by atoms with Gasteiger partial charge in [-0.3, -0.25) is 4.79 Å². The van der Waals surface area contributed by atoms with Gasteiger partial charge in [0.05, 0.1) is 23.3 Å². The fraction of sp³-hybridized carbons (Fsp3) is 0.684. The Bertz CT molecular complexity index is 895. The number of nitrogens with one attached hydrogen (secondary N) is 1. The van der Waals surface area contributed by atoms with Crippen LogP contribution in [-0.4, -0.2) is 51.9 Å². The Morgan fingerprint density at radius 1 is 1.34 bits per heavy atom. The maximum atomic E-state index is 12.5. The van der Waals surface area contributed by atoms with E-state index in [4.69, 9.17) is 0 Å². The summed E-state index contributed by atoms with van der Waals surface area (Å²) in [7, 11) is -3.03. The number of aromatic nitrogens is 3. The molecule has 2 fully saturated rings. The lowest BCUT2D eigenvalue weighted by Crippen LogP contribution is -2.47. The summed E-state index contributed by atoms with van der Waals surface area (Å²) in [6.07, 6.45) is 7.70. The lowest BCUT2D eigenvalue weighted by atomic mass is 9.92. The number of sulfone groups is 1. The van der Waals surface area contributed by atoms with Crippen LogP contribution < -0.4 is 5.32 Å². The first kappa shape index (κ1) is 21.8. The molecule has 1 aliphatic carbocycles. The molecule has 0 spiro atoms. The van der Waals surface area contributed by atoms with Crippen LogP contribution in [0.2, 0.25) is 0 Å². The second-order valence-electron chi connectivity index (χ2n) is 7.78. The van der Waals surface area contributed by atoms with Gasteiger partial charge in [-0.05, 0) is 19.3 Å². The number of hydrogen-bond donors (Lipinski definition) is 1. The van der Waals surface area contributed by atoms with Gasteiger partial charge in [-0.25, -0.2) is 8.42 Å². The normalized spacial score (nSPS) is 23.1. The SMILES string of the molecule is C=CCn1c(SCC(=O)NC2(C#N)CCCCCC2)nnc1C1CCS(=O)(=O)C1. The fourth-order valence-corrected chi connectivity index (χ4v) is 6.53. The third-order valence-corrected chi connectivity index (χ3v) is 8.27. The lowest BCUT2D eigenvalue weighted by Gasteiger charge is -2.26. The van der Waals surface area contributed by atoms with Crippen molar-refractivity contribution < 1.29 is 13.2 Å². The Balaban J connectivity index is 1.66. The minimum absolute atomic E-state index is 0.0815. The second kappa shape index (κ2) is 9.30. The van der Waals surface area contributed by atoms with E-state index in [1.165, 1.54) is 11.8 Å². The molecule has 1 saturated carbocycles. The fourth-order valence-electron chi connectivity index (χ4n) is 4.04. The predicted octanol–water partition coefficient (Wildman–Crippen LogP) is 2.19. The van der Waals surface area contributed by atoms with Gasteiger partial charge in [-0.1, -0.05) is 43.5 Å². The molecule has 1 amide bonds. The number of nitrogens with zero attached hydrogens (tertiary/aromatic N) is 4. The van der Waals surface area contributed by atoms with Crippen molar-refractivity contribution in [2.45, 2.75) is 68.1 Å². The van der Waals surface area contributed by atoms with Gasteiger partial charge in [0.15, 0.2) is 15.0 Å². The Morgan fingerprint density at radius 2 is 2.07 bits per heavy atom. The molecule has 3 rings (SSSR count). The third kappa shape index (κ3) is 5.39. The number of carbonyl (C=O) groups excluding carboxylic acids is 1. The van der Waals surface area contributed by atoms with Crippen LogP contribution in [0.1, 0.15) is 56.7 Å². The van der Waals surface area contributed by atoms with Gasteiger partial charge in [0.1, 0.15) is 11.4 Å². The Labute approximate surface area is 176 Å². The van der Waals surface area contributed by atoms with E-state index in [0.29, 0.717) is 36.8 Å². The molecule has 29 heavy (non-hydrogen) atoms. The lowest BCUT2D eigenvalue weighted by molar-refractivity contribution is -0.120. The number of nitriles is 1. The van der Waals surface area contributed by atoms with Crippen LogP contribution in [-0.2, 0) is 21.2 Å². The molecule has 8 nitrogen and oxygen atoms in total. The number of thioether (sulfide) groups is 1. The van der Waals surface area contributed by atoms with Crippen molar-refractivity contribution in [1.29, 1.82) is 5.26 Å². The van der Waals surface area contributed by atoms with Crippen LogP contribution in [0.15, 0.2) is 17.8 Å². The van der Waals surface area contributed by atoms with Gasteiger partial charge < -0.3 is 9.88 Å². The molecular weight excluding hydrogens is 410 g/mol. The largest absolute Gasteiger partial charge is 0.337 e. The van der Waals surface area contributed by atoms with Gasteiger partial charge in [0.2, 0.25) is 5.91 Å². The van der Waals surface area contributed by atoms with E-state index in [1.807, 2.05) is 4.57 Å². The van der Waals surface area contributed by atoms with E-state index in [0.717, 1.165) is 25.7 Å². The summed E-state index contributed by atoms with van der Waals surface area (Å²) >= 11 is 1.25. The maximum absolute atomic E-state index is 12.5. The number of carbonyl (C=O) groups is 1. The molecule has 158 valence electrons. The highest BCUT2D eigenvalue weighted by Crippen LogP contribution is 2.30. The predicted molar refractivity (Wildman–Crippen MR) is 111 cm³/mol. The van der Waals surface area contributed by atoms with E-state index < -0.39 is 15.4 Å². The summed E-state index contributed by atoms with van der Waals surface area (Å²) in [5, 5.41) is 21.5. The first-order valence-electron chi connectivity index (χ1n) is 9.97. The summed E-state index contributed by atoms with van der Waals surface area (Å²) < 4.78 is 25.5. The molecule has 1 aromatic heterocycles. The van der Waals surface area contributed by atoms with E-state index in [-0.39, 0.29) is 29.1 Å². The number of allylic oxidation sites excluding steroid dienone is 1. The van der Waals surface area contributed by atoms with Crippen LogP contribution in [0.5, 0.6) is 0 Å². The van der Waals surface area contributed by atoms with E-state index >= 15 is 0 Å². The van der Waals surface area contributed by atoms with Gasteiger partial charge in [-0.2, -0.15) is 5.26 Å². The van der Waals surface area contributed by atoms with Gasteiger partial charge in [0.25, 0.3) is 0 Å². The Hall–Kier alpha value is -1.86. The molecule has 0 aromatic carbocycles. The summed E-state index contributed by atoms with van der Waals surface area (Å²) in [6, 6.07) is 2.32. The van der Waals surface area contributed by atoms with Crippen LogP contribution >= 0.6 is 11.8 Å². The number of amides is 1. The topological polar surface area (TPSA) is 118 Å². The minimum Gasteiger partial charge on any atom is -0.337 e. The van der Waals surface area contributed by atoms with Gasteiger partial charge >= 0.3 is 0 Å². The highest BCUT2D eigenvalue weighted by atomic mass is 32.2. The summed E-state index contributed by atoms with van der Waals surface area (Å²) in [4.78, 5) is 12.5. The molecule has 1 N–H and O–H groups in total. The average Bonchev–Trinajstić information content (AvgIpc) is 3.16. The molecular formula is C19H27N5O3S2. The maximum Gasteiger partial charge on any atom is 0.231 e. The van der Waals surface area contributed by atoms with Crippen molar-refractivity contribution in [2.24, 2.45) is 0 Å². The first-order chi connectivity index (χ1) is 13.9. The second-order valence-corrected chi connectivity index (χ2v) is 11.0. The van der Waals surface area contributed by atoms with Crippen LogP contribution in [0.25, 0.3) is 0 Å². The molecule has 2 heterocycles. The third-order valence-electron chi connectivity index (χ3n) is 5.54. The zero-order chi connectivity index (χ0) is 20.9. The minimum atomic E-state index is -3.03. The Morgan fingerprint density at radius 3 is 2.66 bits per heavy atom. The van der Waals surface area contributed by atoms with Crippen molar-refractivity contribution in [3.63, 3.8) is 0 Å². The van der Waals surface area contributed by atoms with Crippen molar-refractivity contribution >= 4 is 27.5 Å². The van der Waals surface area contributed by atoms with Crippen molar-refractivity contribution in [3.05, 3.63) is 18.5 Å². The molecule has 1 saturated heterocycles. The zero-order valence-electron chi connectivity index (χ0n) is 16.5. The molecule has 0 bridgehead atoms. The van der Waals surface area contributed by atoms with Crippen molar-refractivity contribution in [1.82, 2.24) is 20.1 Å². The summed E-state index contributed by atoms with van der Waals surface area (Å²) in [5.41, 5.74) is -0.772. The highest BCUT2D eigenvalue weighted by molar-refractivity contribution is 7.99. The zero-order valence-corrected chi connectivity index (χ0v) is 18.1. The van der Waals surface area contributed by atoms with E-state index in [2.05, 4.69) is 28.2 Å². The molecule has 0 radical (unpaired) electrons. The number of rotatable bonds is 7. The smallest absolute Gasteiger partial charge is 0.231 e. The summed E-state index contributed by atoms with van der Waals surface area (Å²) in [6.45, 7) is 4.20. The number of hydrogen-bond acceptors (Lipinski definition) is 7. The van der Waals surface area contributed by atoms with E-state index in [1.54, 1.807) is 6.08 Å². The first-order valence-corrected chi connectivity index (χ1v) is 12.8. The Kier molecular flexibility index (Phi) is 7.01. The van der Waals surface area contributed by atoms with Crippen LogP contribution in [0, 0.1) is 11.3 Å². The quantitative estimate of drug-likeness (QED) is 0.395. The van der Waals surface area contributed by atoms with Gasteiger partial charge in [0, 0.05) is 12.5 Å². The molecule has 1 aliphatic heterocycles. The van der Waals surface area contributed by atoms with Crippen molar-refractivity contribution in [2.75, 3.05) is 17.3 Å². The van der Waals surface area contributed by atoms with Crippen molar-refractivity contribution in [3.8, 4) is 6.07 Å². The molecule has 2 aliphatic rings. The van der Waals surface area contributed by atoms with Crippen LogP contribution in [0.4, 0.5) is 0 Å². The molecule has 1 atom stereocenters. The van der Waals surface area contributed by atoms with E-state index in [9.17, 15) is 18.5 Å². The van der Waals surface area contributed by atoms with Gasteiger partial charge in [-0.15, -0.1) is 16.8 Å².